The van der Waals surface area contributed by atoms with Crippen LogP contribution < -0.4 is 10.5 Å². The fourth-order valence-corrected chi connectivity index (χ4v) is 2.97. The van der Waals surface area contributed by atoms with Crippen LogP contribution in [0.5, 0.6) is 0 Å². The summed E-state index contributed by atoms with van der Waals surface area (Å²) in [5, 5.41) is -0.136. The summed E-state index contributed by atoms with van der Waals surface area (Å²) in [6.07, 6.45) is 2.30. The third kappa shape index (κ3) is 3.62. The molecule has 0 radical (unpaired) electrons. The van der Waals surface area contributed by atoms with Gasteiger partial charge in [-0.25, -0.2) is 13.1 Å². The molecule has 2 unspecified atom stereocenters. The van der Waals surface area contributed by atoms with Gasteiger partial charge in [-0.2, -0.15) is 0 Å². The Morgan fingerprint density at radius 2 is 2.00 bits per heavy atom. The lowest BCUT2D eigenvalue weighted by atomic mass is 10.1. The van der Waals surface area contributed by atoms with Crippen LogP contribution in [-0.2, 0) is 10.0 Å². The highest BCUT2D eigenvalue weighted by Gasteiger charge is 2.36. The number of sulfonamides is 1. The molecule has 78 valence electrons. The molecule has 0 aromatic heterocycles. The second kappa shape index (κ2) is 3.94. The Kier molecular flexibility index (Phi) is 3.32. The SMILES string of the molecule is CC(N)CC(C)NS(=O)(=O)C1CC1. The molecule has 4 nitrogen and oxygen atoms in total. The van der Waals surface area contributed by atoms with Gasteiger partial charge in [-0.05, 0) is 33.1 Å². The van der Waals surface area contributed by atoms with Crippen LogP contribution in [0.4, 0.5) is 0 Å². The average molecular weight is 206 g/mol. The van der Waals surface area contributed by atoms with Gasteiger partial charge in [-0.3, -0.25) is 0 Å². The van der Waals surface area contributed by atoms with Gasteiger partial charge in [-0.15, -0.1) is 0 Å². The summed E-state index contributed by atoms with van der Waals surface area (Å²) in [4.78, 5) is 0. The van der Waals surface area contributed by atoms with Gasteiger partial charge in [-0.1, -0.05) is 0 Å². The monoisotopic (exact) mass is 206 g/mol. The maximum absolute atomic E-state index is 11.4. The highest BCUT2D eigenvalue weighted by molar-refractivity contribution is 7.90. The summed E-state index contributed by atoms with van der Waals surface area (Å²) in [5.41, 5.74) is 5.57. The molecule has 0 aliphatic heterocycles. The van der Waals surface area contributed by atoms with Crippen LogP contribution in [0.15, 0.2) is 0 Å². The van der Waals surface area contributed by atoms with Crippen molar-refractivity contribution in [1.29, 1.82) is 0 Å². The fraction of sp³-hybridized carbons (Fsp3) is 1.00. The molecule has 0 spiro atoms. The molecule has 0 aromatic carbocycles. The van der Waals surface area contributed by atoms with Crippen molar-refractivity contribution < 1.29 is 8.42 Å². The summed E-state index contributed by atoms with van der Waals surface area (Å²) < 4.78 is 25.5. The molecule has 1 aliphatic carbocycles. The molecular weight excluding hydrogens is 188 g/mol. The normalized spacial score (nSPS) is 22.7. The number of hydrogen-bond acceptors (Lipinski definition) is 3. The fourth-order valence-electron chi connectivity index (χ4n) is 1.36. The summed E-state index contributed by atoms with van der Waals surface area (Å²) in [5.74, 6) is 0. The minimum atomic E-state index is -3.04. The molecule has 0 bridgehead atoms. The van der Waals surface area contributed by atoms with Crippen LogP contribution in [0.2, 0.25) is 0 Å². The minimum Gasteiger partial charge on any atom is -0.328 e. The first-order valence-corrected chi connectivity index (χ1v) is 6.23. The smallest absolute Gasteiger partial charge is 0.214 e. The van der Waals surface area contributed by atoms with Gasteiger partial charge in [0.25, 0.3) is 0 Å². The highest BCUT2D eigenvalue weighted by atomic mass is 32.2. The molecule has 1 aliphatic rings. The van der Waals surface area contributed by atoms with Crippen molar-refractivity contribution in [3.63, 3.8) is 0 Å². The van der Waals surface area contributed by atoms with E-state index in [0.29, 0.717) is 6.42 Å². The number of nitrogens with two attached hydrogens (primary N) is 1. The van der Waals surface area contributed by atoms with Gasteiger partial charge in [0.2, 0.25) is 10.0 Å². The molecule has 0 heterocycles. The van der Waals surface area contributed by atoms with E-state index in [4.69, 9.17) is 5.73 Å². The van der Waals surface area contributed by atoms with Crippen molar-refractivity contribution in [3.05, 3.63) is 0 Å². The standard InChI is InChI=1S/C8H18N2O2S/c1-6(9)5-7(2)10-13(11,12)8-3-4-8/h6-8,10H,3-5,9H2,1-2H3. The lowest BCUT2D eigenvalue weighted by molar-refractivity contribution is 0.518. The van der Waals surface area contributed by atoms with Crippen LogP contribution in [-0.4, -0.2) is 25.8 Å². The lowest BCUT2D eigenvalue weighted by Crippen LogP contribution is -2.38. The molecule has 2 atom stereocenters. The van der Waals surface area contributed by atoms with Crippen molar-refractivity contribution in [2.75, 3.05) is 0 Å². The Labute approximate surface area is 79.9 Å². The van der Waals surface area contributed by atoms with E-state index in [0.717, 1.165) is 12.8 Å². The summed E-state index contributed by atoms with van der Waals surface area (Å²) in [6, 6.07) is -0.0116. The van der Waals surface area contributed by atoms with E-state index in [1.165, 1.54) is 0 Å². The van der Waals surface area contributed by atoms with E-state index in [2.05, 4.69) is 4.72 Å². The van der Waals surface area contributed by atoms with Crippen molar-refractivity contribution in [2.24, 2.45) is 5.73 Å². The van der Waals surface area contributed by atoms with Crippen molar-refractivity contribution in [3.8, 4) is 0 Å². The first-order valence-electron chi connectivity index (χ1n) is 4.68. The zero-order chi connectivity index (χ0) is 10.1. The zero-order valence-electron chi connectivity index (χ0n) is 8.16. The van der Waals surface area contributed by atoms with E-state index in [1.54, 1.807) is 0 Å². The molecule has 5 heteroatoms. The maximum atomic E-state index is 11.4. The molecule has 0 aromatic rings. The van der Waals surface area contributed by atoms with Crippen molar-refractivity contribution >= 4 is 10.0 Å². The lowest BCUT2D eigenvalue weighted by Gasteiger charge is -2.15. The number of hydrogen-bond donors (Lipinski definition) is 2. The van der Waals surface area contributed by atoms with Crippen molar-refractivity contribution in [1.82, 2.24) is 4.72 Å². The first kappa shape index (κ1) is 10.9. The van der Waals surface area contributed by atoms with Crippen LogP contribution in [0, 0.1) is 0 Å². The van der Waals surface area contributed by atoms with Crippen molar-refractivity contribution in [2.45, 2.75) is 50.4 Å². The van der Waals surface area contributed by atoms with E-state index in [1.807, 2.05) is 13.8 Å². The maximum Gasteiger partial charge on any atom is 0.214 e. The molecule has 0 amide bonds. The Balaban J connectivity index is 2.38. The second-order valence-electron chi connectivity index (χ2n) is 3.98. The van der Waals surface area contributed by atoms with E-state index in [-0.39, 0.29) is 17.3 Å². The van der Waals surface area contributed by atoms with Gasteiger partial charge in [0, 0.05) is 12.1 Å². The third-order valence-electron chi connectivity index (χ3n) is 2.05. The molecule has 1 saturated carbocycles. The minimum absolute atomic E-state index is 0.0388. The largest absolute Gasteiger partial charge is 0.328 e. The van der Waals surface area contributed by atoms with Gasteiger partial charge >= 0.3 is 0 Å². The van der Waals surface area contributed by atoms with E-state index >= 15 is 0 Å². The van der Waals surface area contributed by atoms with Crippen LogP contribution in [0.3, 0.4) is 0 Å². The molecular formula is C8H18N2O2S. The van der Waals surface area contributed by atoms with Gasteiger partial charge < -0.3 is 5.73 Å². The van der Waals surface area contributed by atoms with Crippen LogP contribution in [0.1, 0.15) is 33.1 Å². The predicted molar refractivity (Wildman–Crippen MR) is 52.8 cm³/mol. The van der Waals surface area contributed by atoms with Crippen LogP contribution >= 0.6 is 0 Å². The Bertz CT molecular complexity index is 257. The Hall–Kier alpha value is -0.130. The zero-order valence-corrected chi connectivity index (χ0v) is 8.97. The highest BCUT2D eigenvalue weighted by Crippen LogP contribution is 2.27. The van der Waals surface area contributed by atoms with Crippen LogP contribution in [0.25, 0.3) is 0 Å². The molecule has 3 N–H and O–H groups in total. The first-order chi connectivity index (χ1) is 5.92. The summed E-state index contributed by atoms with van der Waals surface area (Å²) >= 11 is 0. The van der Waals surface area contributed by atoms with E-state index in [9.17, 15) is 8.42 Å². The second-order valence-corrected chi connectivity index (χ2v) is 5.97. The molecule has 0 saturated heterocycles. The molecule has 1 fully saturated rings. The van der Waals surface area contributed by atoms with Gasteiger partial charge in [0.05, 0.1) is 5.25 Å². The van der Waals surface area contributed by atoms with E-state index < -0.39 is 10.0 Å². The Morgan fingerprint density at radius 3 is 2.38 bits per heavy atom. The number of rotatable bonds is 5. The average Bonchev–Trinajstić information content (AvgIpc) is 2.60. The summed E-state index contributed by atoms with van der Waals surface area (Å²) in [6.45, 7) is 3.73. The van der Waals surface area contributed by atoms with Gasteiger partial charge in [0.15, 0.2) is 0 Å². The predicted octanol–water partition coefficient (Wildman–Crippen LogP) is 0.194. The topological polar surface area (TPSA) is 72.2 Å². The third-order valence-corrected chi connectivity index (χ3v) is 4.13. The Morgan fingerprint density at radius 1 is 1.46 bits per heavy atom. The summed E-state index contributed by atoms with van der Waals surface area (Å²) in [7, 11) is -3.04. The molecule has 1 rings (SSSR count). The number of nitrogens with one attached hydrogen (secondary N) is 1. The van der Waals surface area contributed by atoms with Gasteiger partial charge in [0.1, 0.15) is 0 Å². The quantitative estimate of drug-likeness (QED) is 0.674. The molecule has 13 heavy (non-hydrogen) atoms.